The summed E-state index contributed by atoms with van der Waals surface area (Å²) in [5, 5.41) is 12.8. The molecule has 0 saturated carbocycles. The lowest BCUT2D eigenvalue weighted by atomic mass is 10.0. The molecule has 0 aliphatic carbocycles. The molecular formula is C16H19NO. The molecule has 0 heterocycles. The van der Waals surface area contributed by atoms with Gasteiger partial charge in [-0.15, -0.1) is 0 Å². The van der Waals surface area contributed by atoms with E-state index in [-0.39, 0.29) is 0 Å². The highest BCUT2D eigenvalue weighted by molar-refractivity contribution is 5.26. The lowest BCUT2D eigenvalue weighted by Gasteiger charge is -2.17. The number of rotatable bonds is 5. The monoisotopic (exact) mass is 241 g/mol. The van der Waals surface area contributed by atoms with Crippen molar-refractivity contribution in [1.29, 1.82) is 0 Å². The molecule has 2 nitrogen and oxygen atoms in total. The minimum Gasteiger partial charge on any atom is -0.508 e. The summed E-state index contributed by atoms with van der Waals surface area (Å²) >= 11 is 0. The number of nitrogens with one attached hydrogen (secondary N) is 1. The Labute approximate surface area is 108 Å². The molecule has 2 heteroatoms. The van der Waals surface area contributed by atoms with Crippen LogP contribution in [-0.2, 0) is 6.54 Å². The third kappa shape index (κ3) is 3.34. The van der Waals surface area contributed by atoms with Gasteiger partial charge >= 0.3 is 0 Å². The highest BCUT2D eigenvalue weighted by Gasteiger charge is 2.07. The Hall–Kier alpha value is -1.80. The second kappa shape index (κ2) is 6.22. The van der Waals surface area contributed by atoms with Gasteiger partial charge in [-0.2, -0.15) is 0 Å². The molecule has 2 aromatic carbocycles. The summed E-state index contributed by atoms with van der Waals surface area (Å²) in [5.41, 5.74) is 2.50. The molecule has 1 atom stereocenters. The van der Waals surface area contributed by atoms with E-state index < -0.39 is 0 Å². The van der Waals surface area contributed by atoms with Gasteiger partial charge in [0.05, 0.1) is 0 Å². The molecule has 2 aromatic rings. The van der Waals surface area contributed by atoms with Gasteiger partial charge in [-0.25, -0.2) is 0 Å². The average molecular weight is 241 g/mol. The number of aromatic hydroxyl groups is 1. The van der Waals surface area contributed by atoms with E-state index in [1.807, 2.05) is 18.2 Å². The third-order valence-corrected chi connectivity index (χ3v) is 3.10. The number of phenols is 1. The molecule has 2 rings (SSSR count). The van der Waals surface area contributed by atoms with Gasteiger partial charge in [0.1, 0.15) is 5.75 Å². The third-order valence-electron chi connectivity index (χ3n) is 3.10. The summed E-state index contributed by atoms with van der Waals surface area (Å²) in [5.74, 6) is 0.314. The standard InChI is InChI=1S/C16H19NO/c1-2-16(14-6-4-3-5-7-14)17-12-13-8-10-15(18)11-9-13/h3-11,16-18H,2,12H2,1H3/t16-/m0/s1. The Bertz CT molecular complexity index is 464. The summed E-state index contributed by atoms with van der Waals surface area (Å²) in [6.45, 7) is 3.00. The summed E-state index contributed by atoms with van der Waals surface area (Å²) in [6.07, 6.45) is 1.06. The van der Waals surface area contributed by atoms with Crippen molar-refractivity contribution in [2.24, 2.45) is 0 Å². The summed E-state index contributed by atoms with van der Waals surface area (Å²) < 4.78 is 0. The minimum absolute atomic E-state index is 0.314. The van der Waals surface area contributed by atoms with Gasteiger partial charge in [0.2, 0.25) is 0 Å². The molecule has 0 aromatic heterocycles. The van der Waals surface area contributed by atoms with Crippen LogP contribution < -0.4 is 5.32 Å². The zero-order valence-electron chi connectivity index (χ0n) is 10.6. The maximum atomic E-state index is 9.24. The summed E-state index contributed by atoms with van der Waals surface area (Å²) in [6, 6.07) is 18.2. The van der Waals surface area contributed by atoms with E-state index >= 15 is 0 Å². The first-order valence-electron chi connectivity index (χ1n) is 6.36. The number of hydrogen-bond acceptors (Lipinski definition) is 2. The SMILES string of the molecule is CC[C@H](NCc1ccc(O)cc1)c1ccccc1. The molecule has 0 bridgehead atoms. The molecule has 2 N–H and O–H groups in total. The van der Waals surface area contributed by atoms with Crippen molar-refractivity contribution in [2.45, 2.75) is 25.9 Å². The number of benzene rings is 2. The lowest BCUT2D eigenvalue weighted by molar-refractivity contribution is 0.474. The zero-order chi connectivity index (χ0) is 12.8. The molecule has 0 amide bonds. The van der Waals surface area contributed by atoms with Crippen LogP contribution in [-0.4, -0.2) is 5.11 Å². The Kier molecular flexibility index (Phi) is 4.37. The van der Waals surface area contributed by atoms with Gasteiger partial charge < -0.3 is 10.4 Å². The first kappa shape index (κ1) is 12.7. The summed E-state index contributed by atoms with van der Waals surface area (Å²) in [7, 11) is 0. The Balaban J connectivity index is 1.97. The normalized spacial score (nSPS) is 12.3. The van der Waals surface area contributed by atoms with E-state index in [9.17, 15) is 5.11 Å². The molecule has 0 fully saturated rings. The molecule has 0 unspecified atom stereocenters. The van der Waals surface area contributed by atoms with E-state index in [0.29, 0.717) is 11.8 Å². The lowest BCUT2D eigenvalue weighted by Crippen LogP contribution is -2.20. The molecule has 0 aliphatic heterocycles. The average Bonchev–Trinajstić information content (AvgIpc) is 2.43. The van der Waals surface area contributed by atoms with E-state index in [1.54, 1.807) is 12.1 Å². The fraction of sp³-hybridized carbons (Fsp3) is 0.250. The minimum atomic E-state index is 0.314. The van der Waals surface area contributed by atoms with E-state index in [1.165, 1.54) is 11.1 Å². The Morgan fingerprint density at radius 2 is 1.67 bits per heavy atom. The fourth-order valence-electron chi connectivity index (χ4n) is 2.04. The topological polar surface area (TPSA) is 32.3 Å². The van der Waals surface area contributed by atoms with Crippen LogP contribution in [0.25, 0.3) is 0 Å². The molecule has 94 valence electrons. The van der Waals surface area contributed by atoms with Crippen molar-refractivity contribution < 1.29 is 5.11 Å². The van der Waals surface area contributed by atoms with Gasteiger partial charge in [0, 0.05) is 12.6 Å². The van der Waals surface area contributed by atoms with Crippen molar-refractivity contribution in [3.8, 4) is 5.75 Å². The van der Waals surface area contributed by atoms with Crippen LogP contribution in [0, 0.1) is 0 Å². The zero-order valence-corrected chi connectivity index (χ0v) is 10.6. The molecule has 0 aliphatic rings. The molecule has 0 saturated heterocycles. The highest BCUT2D eigenvalue weighted by Crippen LogP contribution is 2.17. The second-order valence-corrected chi connectivity index (χ2v) is 4.42. The van der Waals surface area contributed by atoms with Crippen molar-refractivity contribution >= 4 is 0 Å². The fourth-order valence-corrected chi connectivity index (χ4v) is 2.04. The van der Waals surface area contributed by atoms with Gasteiger partial charge in [0.15, 0.2) is 0 Å². The van der Waals surface area contributed by atoms with Crippen LogP contribution >= 0.6 is 0 Å². The van der Waals surface area contributed by atoms with Crippen LogP contribution in [0.15, 0.2) is 54.6 Å². The van der Waals surface area contributed by atoms with Gasteiger partial charge in [-0.3, -0.25) is 0 Å². The molecule has 0 radical (unpaired) electrons. The van der Waals surface area contributed by atoms with Crippen LogP contribution in [0.2, 0.25) is 0 Å². The smallest absolute Gasteiger partial charge is 0.115 e. The number of hydrogen-bond donors (Lipinski definition) is 2. The van der Waals surface area contributed by atoms with Gasteiger partial charge in [-0.1, -0.05) is 49.4 Å². The Morgan fingerprint density at radius 1 is 1.00 bits per heavy atom. The predicted octanol–water partition coefficient (Wildman–Crippen LogP) is 3.63. The highest BCUT2D eigenvalue weighted by atomic mass is 16.3. The van der Waals surface area contributed by atoms with Crippen molar-refractivity contribution in [3.05, 3.63) is 65.7 Å². The van der Waals surface area contributed by atoms with E-state index in [4.69, 9.17) is 0 Å². The maximum absolute atomic E-state index is 9.24. The van der Waals surface area contributed by atoms with Crippen LogP contribution in [0.5, 0.6) is 5.75 Å². The van der Waals surface area contributed by atoms with Gasteiger partial charge in [-0.05, 0) is 29.7 Å². The van der Waals surface area contributed by atoms with E-state index in [2.05, 4.69) is 36.5 Å². The molecule has 0 spiro atoms. The molecule has 18 heavy (non-hydrogen) atoms. The maximum Gasteiger partial charge on any atom is 0.115 e. The number of phenolic OH excluding ortho intramolecular Hbond substituents is 1. The van der Waals surface area contributed by atoms with Crippen molar-refractivity contribution in [2.75, 3.05) is 0 Å². The molecular weight excluding hydrogens is 222 g/mol. The van der Waals surface area contributed by atoms with Crippen molar-refractivity contribution in [3.63, 3.8) is 0 Å². The quantitative estimate of drug-likeness (QED) is 0.837. The van der Waals surface area contributed by atoms with Crippen LogP contribution in [0.3, 0.4) is 0 Å². The second-order valence-electron chi connectivity index (χ2n) is 4.42. The summed E-state index contributed by atoms with van der Waals surface area (Å²) in [4.78, 5) is 0. The predicted molar refractivity (Wildman–Crippen MR) is 74.4 cm³/mol. The van der Waals surface area contributed by atoms with Crippen LogP contribution in [0.1, 0.15) is 30.5 Å². The van der Waals surface area contributed by atoms with Crippen LogP contribution in [0.4, 0.5) is 0 Å². The first-order chi connectivity index (χ1) is 8.79. The largest absolute Gasteiger partial charge is 0.508 e. The Morgan fingerprint density at radius 3 is 2.28 bits per heavy atom. The first-order valence-corrected chi connectivity index (χ1v) is 6.36. The van der Waals surface area contributed by atoms with Gasteiger partial charge in [0.25, 0.3) is 0 Å². The van der Waals surface area contributed by atoms with E-state index in [0.717, 1.165) is 13.0 Å². The van der Waals surface area contributed by atoms with Crippen molar-refractivity contribution in [1.82, 2.24) is 5.32 Å².